The van der Waals surface area contributed by atoms with Crippen molar-refractivity contribution in [1.29, 1.82) is 0 Å². The number of methoxy groups -OCH3 is 1. The Hall–Kier alpha value is -1.16. The number of ether oxygens (including phenoxy) is 1. The van der Waals surface area contributed by atoms with Gasteiger partial charge in [0.15, 0.2) is 5.82 Å². The van der Waals surface area contributed by atoms with Gasteiger partial charge in [0.2, 0.25) is 0 Å². The van der Waals surface area contributed by atoms with E-state index in [1.165, 1.54) is 5.56 Å². The van der Waals surface area contributed by atoms with Gasteiger partial charge in [0.25, 0.3) is 0 Å². The molecule has 4 heteroatoms. The summed E-state index contributed by atoms with van der Waals surface area (Å²) in [5, 5.41) is 3.40. The summed E-state index contributed by atoms with van der Waals surface area (Å²) in [6, 6.07) is 0. The van der Waals surface area contributed by atoms with E-state index in [4.69, 9.17) is 4.74 Å². The molecule has 4 nitrogen and oxygen atoms in total. The lowest BCUT2D eigenvalue weighted by molar-refractivity contribution is 0.112. The van der Waals surface area contributed by atoms with E-state index < -0.39 is 0 Å². The van der Waals surface area contributed by atoms with Crippen molar-refractivity contribution in [1.82, 2.24) is 9.97 Å². The van der Waals surface area contributed by atoms with E-state index in [1.807, 2.05) is 13.8 Å². The number of hydrogen-bond acceptors (Lipinski definition) is 4. The van der Waals surface area contributed by atoms with Crippen LogP contribution in [0.1, 0.15) is 63.2 Å². The molecule has 0 aromatic carbocycles. The van der Waals surface area contributed by atoms with Crippen LogP contribution in [0.15, 0.2) is 0 Å². The number of aryl methyl sites for hydroxylation is 1. The average molecular weight is 251 g/mol. The monoisotopic (exact) mass is 251 g/mol. The first-order valence-corrected chi connectivity index (χ1v) is 6.66. The van der Waals surface area contributed by atoms with E-state index >= 15 is 0 Å². The maximum absolute atomic E-state index is 5.30. The molecule has 1 unspecified atom stereocenters. The van der Waals surface area contributed by atoms with Crippen LogP contribution in [0.3, 0.4) is 0 Å². The zero-order chi connectivity index (χ0) is 13.7. The van der Waals surface area contributed by atoms with E-state index in [9.17, 15) is 0 Å². The predicted molar refractivity (Wildman–Crippen MR) is 75.1 cm³/mol. The molecule has 1 rings (SSSR count). The number of rotatable bonds is 6. The molecule has 0 saturated heterocycles. The van der Waals surface area contributed by atoms with Crippen LogP contribution in [0, 0.1) is 6.92 Å². The molecule has 1 aromatic heterocycles. The molecule has 0 amide bonds. The topological polar surface area (TPSA) is 47.0 Å². The smallest absolute Gasteiger partial charge is 0.159 e. The van der Waals surface area contributed by atoms with Gasteiger partial charge >= 0.3 is 0 Å². The molecule has 0 bridgehead atoms. The van der Waals surface area contributed by atoms with Gasteiger partial charge in [-0.2, -0.15) is 0 Å². The largest absolute Gasteiger partial charge is 0.374 e. The molecule has 0 radical (unpaired) electrons. The van der Waals surface area contributed by atoms with Crippen molar-refractivity contribution in [3.8, 4) is 0 Å². The zero-order valence-corrected chi connectivity index (χ0v) is 12.4. The molecule has 0 aliphatic carbocycles. The van der Waals surface area contributed by atoms with Crippen LogP contribution in [0.5, 0.6) is 0 Å². The van der Waals surface area contributed by atoms with Crippen molar-refractivity contribution < 1.29 is 4.74 Å². The second kappa shape index (κ2) is 6.69. The van der Waals surface area contributed by atoms with E-state index in [2.05, 4.69) is 36.1 Å². The van der Waals surface area contributed by atoms with Crippen molar-refractivity contribution in [3.63, 3.8) is 0 Å². The summed E-state index contributed by atoms with van der Waals surface area (Å²) in [6.07, 6.45) is 1.00. The molecule has 0 aliphatic rings. The van der Waals surface area contributed by atoms with E-state index in [1.54, 1.807) is 7.11 Å². The number of aromatic nitrogens is 2. The molecule has 0 saturated carbocycles. The fourth-order valence-electron chi connectivity index (χ4n) is 1.96. The molecular formula is C14H25N3O. The summed E-state index contributed by atoms with van der Waals surface area (Å²) in [7, 11) is 1.68. The fraction of sp³-hybridized carbons (Fsp3) is 0.714. The Morgan fingerprint density at radius 2 is 1.89 bits per heavy atom. The Morgan fingerprint density at radius 3 is 2.39 bits per heavy atom. The summed E-state index contributed by atoms with van der Waals surface area (Å²) in [5.74, 6) is 2.12. The van der Waals surface area contributed by atoms with Crippen LogP contribution >= 0.6 is 0 Å². The number of anilines is 1. The highest BCUT2D eigenvalue weighted by Gasteiger charge is 2.17. The highest BCUT2D eigenvalue weighted by molar-refractivity contribution is 5.48. The first-order valence-electron chi connectivity index (χ1n) is 6.66. The summed E-state index contributed by atoms with van der Waals surface area (Å²) >= 11 is 0. The molecule has 18 heavy (non-hydrogen) atoms. The van der Waals surface area contributed by atoms with Gasteiger partial charge in [-0.1, -0.05) is 20.8 Å². The van der Waals surface area contributed by atoms with Gasteiger partial charge in [-0.3, -0.25) is 0 Å². The van der Waals surface area contributed by atoms with E-state index in [0.717, 1.165) is 30.3 Å². The summed E-state index contributed by atoms with van der Waals surface area (Å²) < 4.78 is 5.30. The predicted octanol–water partition coefficient (Wildman–Crippen LogP) is 3.44. The number of nitrogens with one attached hydrogen (secondary N) is 1. The van der Waals surface area contributed by atoms with Gasteiger partial charge in [0.1, 0.15) is 11.9 Å². The van der Waals surface area contributed by atoms with Crippen molar-refractivity contribution >= 4 is 5.82 Å². The van der Waals surface area contributed by atoms with Gasteiger partial charge in [-0.25, -0.2) is 9.97 Å². The van der Waals surface area contributed by atoms with Gasteiger partial charge in [-0.05, 0) is 26.2 Å². The van der Waals surface area contributed by atoms with Crippen molar-refractivity contribution in [3.05, 3.63) is 17.1 Å². The average Bonchev–Trinajstić information content (AvgIpc) is 2.33. The van der Waals surface area contributed by atoms with Crippen LogP contribution in [-0.2, 0) is 4.74 Å². The maximum Gasteiger partial charge on any atom is 0.159 e. The quantitative estimate of drug-likeness (QED) is 0.841. The molecule has 1 heterocycles. The number of hydrogen-bond donors (Lipinski definition) is 1. The molecule has 1 atom stereocenters. The Bertz CT molecular complexity index is 391. The molecule has 0 fully saturated rings. The first kappa shape index (κ1) is 14.9. The molecule has 1 aromatic rings. The summed E-state index contributed by atoms with van der Waals surface area (Å²) in [6.45, 7) is 11.4. The minimum absolute atomic E-state index is 0.0768. The summed E-state index contributed by atoms with van der Waals surface area (Å²) in [5.41, 5.74) is 2.24. The SMILES string of the molecule is CCCNc1nc(C(C)OC)nc(C)c1C(C)C. The lowest BCUT2D eigenvalue weighted by Crippen LogP contribution is -2.13. The molecular weight excluding hydrogens is 226 g/mol. The third-order valence-electron chi connectivity index (χ3n) is 2.99. The minimum atomic E-state index is -0.0768. The third-order valence-corrected chi connectivity index (χ3v) is 2.99. The van der Waals surface area contributed by atoms with Gasteiger partial charge in [0.05, 0.1) is 0 Å². The normalized spacial score (nSPS) is 12.8. The van der Waals surface area contributed by atoms with E-state index in [-0.39, 0.29) is 6.10 Å². The lowest BCUT2D eigenvalue weighted by atomic mass is 10.0. The minimum Gasteiger partial charge on any atom is -0.374 e. The van der Waals surface area contributed by atoms with Crippen molar-refractivity contribution in [2.24, 2.45) is 0 Å². The second-order valence-corrected chi connectivity index (χ2v) is 4.89. The highest BCUT2D eigenvalue weighted by atomic mass is 16.5. The fourth-order valence-corrected chi connectivity index (χ4v) is 1.96. The Morgan fingerprint density at radius 1 is 1.22 bits per heavy atom. The zero-order valence-electron chi connectivity index (χ0n) is 12.4. The van der Waals surface area contributed by atoms with Crippen molar-refractivity contribution in [2.75, 3.05) is 19.0 Å². The standard InChI is InChI=1S/C14H25N3O/c1-7-8-15-14-12(9(2)3)10(4)16-13(17-14)11(5)18-6/h9,11H,7-8H2,1-6H3,(H,15,16,17). The lowest BCUT2D eigenvalue weighted by Gasteiger charge is -2.18. The molecule has 1 N–H and O–H groups in total. The number of nitrogens with zero attached hydrogens (tertiary/aromatic N) is 2. The molecule has 0 spiro atoms. The Balaban J connectivity index is 3.18. The van der Waals surface area contributed by atoms with Gasteiger partial charge in [-0.15, -0.1) is 0 Å². The van der Waals surface area contributed by atoms with Crippen LogP contribution < -0.4 is 5.32 Å². The Kier molecular flexibility index (Phi) is 5.54. The molecule has 0 aliphatic heterocycles. The highest BCUT2D eigenvalue weighted by Crippen LogP contribution is 2.27. The van der Waals surface area contributed by atoms with Crippen molar-refractivity contribution in [2.45, 2.75) is 53.1 Å². The van der Waals surface area contributed by atoms with Crippen LogP contribution in [0.25, 0.3) is 0 Å². The van der Waals surface area contributed by atoms with Gasteiger partial charge < -0.3 is 10.1 Å². The first-order chi connectivity index (χ1) is 8.51. The van der Waals surface area contributed by atoms with Gasteiger partial charge in [0, 0.05) is 24.9 Å². The molecule has 102 valence electrons. The van der Waals surface area contributed by atoms with Crippen LogP contribution in [0.2, 0.25) is 0 Å². The Labute approximate surface area is 110 Å². The van der Waals surface area contributed by atoms with Crippen LogP contribution in [-0.4, -0.2) is 23.6 Å². The summed E-state index contributed by atoms with van der Waals surface area (Å²) in [4.78, 5) is 9.17. The van der Waals surface area contributed by atoms with Crippen LogP contribution in [0.4, 0.5) is 5.82 Å². The van der Waals surface area contributed by atoms with E-state index in [0.29, 0.717) is 5.92 Å². The third kappa shape index (κ3) is 3.42. The second-order valence-electron chi connectivity index (χ2n) is 4.89. The maximum atomic E-state index is 5.30.